The van der Waals surface area contributed by atoms with Crippen LogP contribution in [0.4, 0.5) is 17.5 Å². The van der Waals surface area contributed by atoms with E-state index in [1.54, 1.807) is 0 Å². The van der Waals surface area contributed by atoms with Gasteiger partial charge in [-0.15, -0.1) is 0 Å². The van der Waals surface area contributed by atoms with E-state index in [0.717, 1.165) is 46.4 Å². The Bertz CT molecular complexity index is 1100. The first-order valence-electron chi connectivity index (χ1n) is 10.7. The van der Waals surface area contributed by atoms with Gasteiger partial charge in [0, 0.05) is 31.0 Å². The zero-order chi connectivity index (χ0) is 21.8. The molecule has 7 heteroatoms. The Balaban J connectivity index is 1.71. The highest BCUT2D eigenvalue weighted by Crippen LogP contribution is 2.31. The summed E-state index contributed by atoms with van der Waals surface area (Å²) >= 11 is 0. The van der Waals surface area contributed by atoms with Crippen molar-refractivity contribution >= 4 is 40.2 Å². The number of rotatable bonds is 5. The number of hydrogen-bond donors (Lipinski definition) is 3. The van der Waals surface area contributed by atoms with E-state index in [4.69, 9.17) is 0 Å². The predicted octanol–water partition coefficient (Wildman–Crippen LogP) is 4.96. The Hall–Kier alpha value is -3.48. The molecule has 4 rings (SSSR count). The molecule has 0 spiro atoms. The third-order valence-corrected chi connectivity index (χ3v) is 5.47. The van der Waals surface area contributed by atoms with Gasteiger partial charge in [-0.1, -0.05) is 37.5 Å². The van der Waals surface area contributed by atoms with Crippen molar-refractivity contribution in [1.29, 1.82) is 0 Å². The van der Waals surface area contributed by atoms with Crippen molar-refractivity contribution in [3.63, 3.8) is 0 Å². The lowest BCUT2D eigenvalue weighted by molar-refractivity contribution is -0.115. The number of carbonyl (C=O) groups excluding carboxylic acids is 2. The first-order valence-corrected chi connectivity index (χ1v) is 10.7. The number of benzene rings is 2. The van der Waals surface area contributed by atoms with Crippen LogP contribution < -0.4 is 16.0 Å². The minimum absolute atomic E-state index is 0.0935. The molecule has 1 aromatic heterocycles. The van der Waals surface area contributed by atoms with Gasteiger partial charge in [0.1, 0.15) is 5.82 Å². The molecule has 0 unspecified atom stereocenters. The molecule has 1 aliphatic rings. The number of amides is 2. The summed E-state index contributed by atoms with van der Waals surface area (Å²) in [5, 5.41) is 10.0. The molecular formula is C24H27N5O2. The largest absolute Gasteiger partial charge is 0.367 e. The predicted molar refractivity (Wildman–Crippen MR) is 124 cm³/mol. The maximum Gasteiger partial charge on any atom is 0.231 e. The summed E-state index contributed by atoms with van der Waals surface area (Å²) in [7, 11) is 0. The van der Waals surface area contributed by atoms with Crippen molar-refractivity contribution in [1.82, 2.24) is 9.97 Å². The third-order valence-electron chi connectivity index (χ3n) is 5.47. The van der Waals surface area contributed by atoms with Crippen molar-refractivity contribution in [2.24, 2.45) is 0 Å². The van der Waals surface area contributed by atoms with Gasteiger partial charge in [-0.3, -0.25) is 14.9 Å². The third kappa shape index (κ3) is 5.17. The molecule has 1 fully saturated rings. The minimum Gasteiger partial charge on any atom is -0.367 e. The van der Waals surface area contributed by atoms with Crippen LogP contribution >= 0.6 is 0 Å². The minimum atomic E-state index is -0.196. The van der Waals surface area contributed by atoms with Crippen molar-refractivity contribution in [3.05, 3.63) is 42.5 Å². The van der Waals surface area contributed by atoms with Gasteiger partial charge in [0.25, 0.3) is 0 Å². The fourth-order valence-electron chi connectivity index (χ4n) is 4.02. The highest BCUT2D eigenvalue weighted by molar-refractivity contribution is 5.95. The van der Waals surface area contributed by atoms with Crippen LogP contribution in [0.3, 0.4) is 0 Å². The normalized spacial score (nSPS) is 14.3. The molecule has 3 N–H and O–H groups in total. The Kier molecular flexibility index (Phi) is 6.11. The SMILES string of the molecule is CC(=O)Nc1ccc(-c2ccc3nc(NC(C)=O)nc(NC4CCCCC4)c3c2)cc1. The monoisotopic (exact) mass is 417 g/mol. The molecule has 0 aliphatic heterocycles. The lowest BCUT2D eigenvalue weighted by Crippen LogP contribution is -2.23. The van der Waals surface area contributed by atoms with Gasteiger partial charge >= 0.3 is 0 Å². The van der Waals surface area contributed by atoms with Gasteiger partial charge in [0.05, 0.1) is 5.52 Å². The Morgan fingerprint density at radius 2 is 1.52 bits per heavy atom. The molecule has 0 saturated heterocycles. The molecule has 7 nitrogen and oxygen atoms in total. The van der Waals surface area contributed by atoms with E-state index in [2.05, 4.69) is 32.0 Å². The van der Waals surface area contributed by atoms with Crippen molar-refractivity contribution < 1.29 is 9.59 Å². The maximum absolute atomic E-state index is 11.5. The average molecular weight is 418 g/mol. The van der Waals surface area contributed by atoms with E-state index in [1.165, 1.54) is 33.1 Å². The summed E-state index contributed by atoms with van der Waals surface area (Å²) in [5.74, 6) is 0.769. The van der Waals surface area contributed by atoms with E-state index in [1.807, 2.05) is 36.4 Å². The molecule has 1 aliphatic carbocycles. The number of fused-ring (bicyclic) bond motifs is 1. The number of nitrogens with one attached hydrogen (secondary N) is 3. The summed E-state index contributed by atoms with van der Waals surface area (Å²) < 4.78 is 0. The second-order valence-electron chi connectivity index (χ2n) is 8.05. The Labute approximate surface area is 181 Å². The summed E-state index contributed by atoms with van der Waals surface area (Å²) in [6.45, 7) is 2.95. The van der Waals surface area contributed by atoms with Crippen LogP contribution in [-0.2, 0) is 9.59 Å². The topological polar surface area (TPSA) is 96.0 Å². The van der Waals surface area contributed by atoms with E-state index in [9.17, 15) is 9.59 Å². The standard InChI is InChI=1S/C24H27N5O2/c1-15(30)25-20-11-8-17(9-12-20)18-10-13-22-21(14-18)23(27-19-6-4-3-5-7-19)29-24(28-22)26-16(2)31/h8-14,19H,3-7H2,1-2H3,(H,25,30)(H2,26,27,28,29,31). The van der Waals surface area contributed by atoms with Crippen LogP contribution in [0.2, 0.25) is 0 Å². The lowest BCUT2D eigenvalue weighted by Gasteiger charge is -2.24. The summed E-state index contributed by atoms with van der Waals surface area (Å²) in [6, 6.07) is 14.1. The van der Waals surface area contributed by atoms with Crippen LogP contribution in [0.15, 0.2) is 42.5 Å². The molecule has 3 aromatic rings. The van der Waals surface area contributed by atoms with Crippen molar-refractivity contribution in [3.8, 4) is 11.1 Å². The fourth-order valence-corrected chi connectivity index (χ4v) is 4.02. The average Bonchev–Trinajstić information content (AvgIpc) is 2.74. The molecule has 2 aromatic carbocycles. The number of aromatic nitrogens is 2. The first-order chi connectivity index (χ1) is 15.0. The molecule has 0 radical (unpaired) electrons. The highest BCUT2D eigenvalue weighted by Gasteiger charge is 2.17. The van der Waals surface area contributed by atoms with Gasteiger partial charge in [0.2, 0.25) is 17.8 Å². The maximum atomic E-state index is 11.5. The van der Waals surface area contributed by atoms with Gasteiger partial charge in [-0.05, 0) is 48.2 Å². The second kappa shape index (κ2) is 9.12. The summed E-state index contributed by atoms with van der Waals surface area (Å²) in [4.78, 5) is 31.9. The van der Waals surface area contributed by atoms with Crippen LogP contribution in [0.25, 0.3) is 22.0 Å². The van der Waals surface area contributed by atoms with E-state index >= 15 is 0 Å². The first kappa shape index (κ1) is 20.8. The summed E-state index contributed by atoms with van der Waals surface area (Å²) in [5.41, 5.74) is 3.60. The number of anilines is 3. The molecule has 0 atom stereocenters. The number of hydrogen-bond acceptors (Lipinski definition) is 5. The van der Waals surface area contributed by atoms with Crippen molar-refractivity contribution in [2.45, 2.75) is 52.0 Å². The fraction of sp³-hybridized carbons (Fsp3) is 0.333. The van der Waals surface area contributed by atoms with Gasteiger partial charge in [-0.2, -0.15) is 4.98 Å². The zero-order valence-corrected chi connectivity index (χ0v) is 17.9. The van der Waals surface area contributed by atoms with Gasteiger partial charge < -0.3 is 10.6 Å². The molecule has 31 heavy (non-hydrogen) atoms. The number of carbonyl (C=O) groups is 2. The van der Waals surface area contributed by atoms with Crippen LogP contribution in [0.1, 0.15) is 46.0 Å². The van der Waals surface area contributed by atoms with E-state index < -0.39 is 0 Å². The second-order valence-corrected chi connectivity index (χ2v) is 8.05. The molecular weight excluding hydrogens is 390 g/mol. The van der Waals surface area contributed by atoms with E-state index in [-0.39, 0.29) is 11.8 Å². The molecule has 0 bridgehead atoms. The van der Waals surface area contributed by atoms with Crippen molar-refractivity contribution in [2.75, 3.05) is 16.0 Å². The van der Waals surface area contributed by atoms with Gasteiger partial charge in [0.15, 0.2) is 0 Å². The lowest BCUT2D eigenvalue weighted by atomic mass is 9.95. The molecule has 2 amide bonds. The van der Waals surface area contributed by atoms with Crippen LogP contribution in [0, 0.1) is 0 Å². The molecule has 160 valence electrons. The smallest absolute Gasteiger partial charge is 0.231 e. The van der Waals surface area contributed by atoms with Crippen LogP contribution in [0.5, 0.6) is 0 Å². The summed E-state index contributed by atoms with van der Waals surface area (Å²) in [6.07, 6.45) is 5.94. The van der Waals surface area contributed by atoms with E-state index in [0.29, 0.717) is 12.0 Å². The van der Waals surface area contributed by atoms with Gasteiger partial charge in [-0.25, -0.2) is 4.98 Å². The molecule has 1 saturated carbocycles. The Morgan fingerprint density at radius 3 is 2.19 bits per heavy atom. The molecule has 1 heterocycles. The highest BCUT2D eigenvalue weighted by atomic mass is 16.2. The van der Waals surface area contributed by atoms with Crippen LogP contribution in [-0.4, -0.2) is 27.8 Å². The number of nitrogens with zero attached hydrogens (tertiary/aromatic N) is 2. The quantitative estimate of drug-likeness (QED) is 0.545. The zero-order valence-electron chi connectivity index (χ0n) is 17.9. The Morgan fingerprint density at radius 1 is 0.839 bits per heavy atom.